The van der Waals surface area contributed by atoms with Crippen LogP contribution in [0.25, 0.3) is 0 Å². The first-order valence-electron chi connectivity index (χ1n) is 8.06. The molecule has 2 aromatic carbocycles. The number of hydrogen-bond acceptors (Lipinski definition) is 5. The minimum Gasteiger partial charge on any atom is -0.497 e. The molecule has 2 rings (SSSR count). The molecule has 6 nitrogen and oxygen atoms in total. The molecule has 0 aromatic heterocycles. The van der Waals surface area contributed by atoms with E-state index in [1.165, 1.54) is 0 Å². The van der Waals surface area contributed by atoms with E-state index in [1.54, 1.807) is 14.2 Å². The fourth-order valence-electron chi connectivity index (χ4n) is 2.29. The van der Waals surface area contributed by atoms with Crippen molar-refractivity contribution in [1.29, 1.82) is 0 Å². The van der Waals surface area contributed by atoms with Gasteiger partial charge in [0.25, 0.3) is 0 Å². The Bertz CT molecular complexity index is 673. The molecule has 0 spiro atoms. The van der Waals surface area contributed by atoms with Gasteiger partial charge >= 0.3 is 0 Å². The van der Waals surface area contributed by atoms with Crippen LogP contribution in [0.4, 0.5) is 0 Å². The number of methoxy groups -OCH3 is 1. The van der Waals surface area contributed by atoms with Crippen molar-refractivity contribution in [3.63, 3.8) is 0 Å². The Hall–Kier alpha value is -2.57. The Morgan fingerprint density at radius 1 is 1.12 bits per heavy atom. The quantitative estimate of drug-likeness (QED) is 0.642. The molecule has 1 atom stereocenters. The second kappa shape index (κ2) is 9.66. The number of aliphatic hydroxyl groups excluding tert-OH is 1. The van der Waals surface area contributed by atoms with Gasteiger partial charge in [0.05, 0.1) is 13.7 Å². The summed E-state index contributed by atoms with van der Waals surface area (Å²) in [5.41, 5.74) is 2.03. The molecule has 1 amide bonds. The number of ether oxygens (including phenoxy) is 2. The zero-order chi connectivity index (χ0) is 18.1. The molecule has 6 heteroatoms. The van der Waals surface area contributed by atoms with Crippen molar-refractivity contribution in [2.24, 2.45) is 0 Å². The Morgan fingerprint density at radius 2 is 1.88 bits per heavy atom. The van der Waals surface area contributed by atoms with E-state index in [9.17, 15) is 9.90 Å². The summed E-state index contributed by atoms with van der Waals surface area (Å²) < 4.78 is 11.0. The van der Waals surface area contributed by atoms with Gasteiger partial charge in [0.1, 0.15) is 24.1 Å². The van der Waals surface area contributed by atoms with E-state index in [4.69, 9.17) is 9.47 Å². The molecular weight excluding hydrogens is 320 g/mol. The fourth-order valence-corrected chi connectivity index (χ4v) is 2.29. The molecule has 0 radical (unpaired) electrons. The summed E-state index contributed by atoms with van der Waals surface area (Å²) in [5, 5.41) is 14.7. The molecule has 0 fully saturated rings. The zero-order valence-electron chi connectivity index (χ0n) is 14.5. The average Bonchev–Trinajstić information content (AvgIpc) is 2.67. The molecule has 0 aliphatic rings. The van der Waals surface area contributed by atoms with E-state index in [-0.39, 0.29) is 12.5 Å². The summed E-state index contributed by atoms with van der Waals surface area (Å²) in [4.78, 5) is 11.5. The van der Waals surface area contributed by atoms with E-state index < -0.39 is 6.04 Å². The normalized spacial score (nSPS) is 11.6. The van der Waals surface area contributed by atoms with Crippen LogP contribution in [0.3, 0.4) is 0 Å². The van der Waals surface area contributed by atoms with E-state index in [0.29, 0.717) is 13.2 Å². The fraction of sp³-hybridized carbons (Fsp3) is 0.316. The van der Waals surface area contributed by atoms with Crippen molar-refractivity contribution in [2.45, 2.75) is 19.2 Å². The maximum absolute atomic E-state index is 11.5. The van der Waals surface area contributed by atoms with Crippen LogP contribution in [-0.2, 0) is 17.9 Å². The predicted octanol–water partition coefficient (Wildman–Crippen LogP) is 1.47. The summed E-state index contributed by atoms with van der Waals surface area (Å²) in [7, 11) is 3.18. The average molecular weight is 344 g/mol. The lowest BCUT2D eigenvalue weighted by Gasteiger charge is -2.14. The lowest BCUT2D eigenvalue weighted by atomic mass is 10.2. The smallest absolute Gasteiger partial charge is 0.239 e. The molecule has 0 saturated heterocycles. The highest BCUT2D eigenvalue weighted by atomic mass is 16.5. The molecule has 0 saturated carbocycles. The molecule has 0 aliphatic heterocycles. The number of hydrogen-bond donors (Lipinski definition) is 3. The highest BCUT2D eigenvalue weighted by Crippen LogP contribution is 2.17. The molecule has 0 aliphatic carbocycles. The highest BCUT2D eigenvalue weighted by Gasteiger charge is 2.14. The van der Waals surface area contributed by atoms with E-state index in [1.807, 2.05) is 48.5 Å². The van der Waals surface area contributed by atoms with Gasteiger partial charge < -0.3 is 19.9 Å². The summed E-state index contributed by atoms with van der Waals surface area (Å²) in [6, 6.07) is 14.7. The van der Waals surface area contributed by atoms with Gasteiger partial charge in [0.2, 0.25) is 5.91 Å². The van der Waals surface area contributed by atoms with Crippen LogP contribution in [0.5, 0.6) is 11.5 Å². The van der Waals surface area contributed by atoms with Crippen LogP contribution in [0.2, 0.25) is 0 Å². The summed E-state index contributed by atoms with van der Waals surface area (Å²) in [5.74, 6) is 1.33. The van der Waals surface area contributed by atoms with Gasteiger partial charge in [-0.05, 0) is 35.4 Å². The number of rotatable bonds is 9. The van der Waals surface area contributed by atoms with Gasteiger partial charge in [-0.25, -0.2) is 0 Å². The van der Waals surface area contributed by atoms with Crippen LogP contribution >= 0.6 is 0 Å². The molecular formula is C19H24N2O4. The third kappa shape index (κ3) is 5.77. The maximum Gasteiger partial charge on any atom is 0.239 e. The third-order valence-electron chi connectivity index (χ3n) is 3.76. The van der Waals surface area contributed by atoms with Crippen LogP contribution in [-0.4, -0.2) is 37.8 Å². The van der Waals surface area contributed by atoms with Crippen molar-refractivity contribution in [3.05, 3.63) is 59.7 Å². The Labute approximate surface area is 147 Å². The summed E-state index contributed by atoms with van der Waals surface area (Å²) in [6.45, 7) is 0.689. The minimum atomic E-state index is -0.617. The van der Waals surface area contributed by atoms with Gasteiger partial charge in [-0.2, -0.15) is 0 Å². The van der Waals surface area contributed by atoms with Crippen molar-refractivity contribution in [2.75, 3.05) is 20.8 Å². The lowest BCUT2D eigenvalue weighted by Crippen LogP contribution is -2.44. The molecule has 2 aromatic rings. The number of aliphatic hydroxyl groups is 1. The minimum absolute atomic E-state index is 0.235. The maximum atomic E-state index is 11.5. The van der Waals surface area contributed by atoms with Crippen LogP contribution in [0.1, 0.15) is 11.1 Å². The first-order valence-corrected chi connectivity index (χ1v) is 8.06. The summed E-state index contributed by atoms with van der Waals surface area (Å²) in [6.07, 6.45) is 0. The Morgan fingerprint density at radius 3 is 2.52 bits per heavy atom. The number of carbonyl (C=O) groups excluding carboxylic acids is 1. The number of amides is 1. The van der Waals surface area contributed by atoms with Crippen molar-refractivity contribution in [1.82, 2.24) is 10.6 Å². The highest BCUT2D eigenvalue weighted by molar-refractivity contribution is 5.81. The van der Waals surface area contributed by atoms with E-state index >= 15 is 0 Å². The van der Waals surface area contributed by atoms with Gasteiger partial charge in [0, 0.05) is 13.6 Å². The van der Waals surface area contributed by atoms with Crippen molar-refractivity contribution < 1.29 is 19.4 Å². The van der Waals surface area contributed by atoms with Gasteiger partial charge in [-0.15, -0.1) is 0 Å². The first-order chi connectivity index (χ1) is 12.2. The van der Waals surface area contributed by atoms with E-state index in [2.05, 4.69) is 10.6 Å². The molecule has 3 N–H and O–H groups in total. The molecule has 1 unspecified atom stereocenters. The second-order valence-corrected chi connectivity index (χ2v) is 5.51. The van der Waals surface area contributed by atoms with Crippen molar-refractivity contribution in [3.8, 4) is 11.5 Å². The Kier molecular flexibility index (Phi) is 7.25. The van der Waals surface area contributed by atoms with Crippen LogP contribution in [0, 0.1) is 0 Å². The van der Waals surface area contributed by atoms with Crippen LogP contribution < -0.4 is 20.1 Å². The number of benzene rings is 2. The van der Waals surface area contributed by atoms with Crippen LogP contribution in [0.15, 0.2) is 48.5 Å². The topological polar surface area (TPSA) is 79.8 Å². The monoisotopic (exact) mass is 344 g/mol. The SMILES string of the molecule is CNC(=O)C(CO)NCc1ccc(OCc2cccc(OC)c2)cc1. The number of likely N-dealkylation sites (N-methyl/N-ethyl adjacent to an activating group) is 1. The van der Waals surface area contributed by atoms with Crippen molar-refractivity contribution >= 4 is 5.91 Å². The van der Waals surface area contributed by atoms with Gasteiger partial charge in [-0.1, -0.05) is 24.3 Å². The van der Waals surface area contributed by atoms with Gasteiger partial charge in [0.15, 0.2) is 0 Å². The molecule has 0 heterocycles. The predicted molar refractivity (Wildman–Crippen MR) is 95.5 cm³/mol. The Balaban J connectivity index is 1.85. The first kappa shape index (κ1) is 18.8. The third-order valence-corrected chi connectivity index (χ3v) is 3.76. The largest absolute Gasteiger partial charge is 0.497 e. The lowest BCUT2D eigenvalue weighted by molar-refractivity contribution is -0.123. The zero-order valence-corrected chi connectivity index (χ0v) is 14.5. The number of nitrogens with one attached hydrogen (secondary N) is 2. The molecule has 0 bridgehead atoms. The summed E-state index contributed by atoms with van der Waals surface area (Å²) >= 11 is 0. The molecule has 134 valence electrons. The second-order valence-electron chi connectivity index (χ2n) is 5.51. The molecule has 25 heavy (non-hydrogen) atoms. The number of carbonyl (C=O) groups is 1. The van der Waals surface area contributed by atoms with Gasteiger partial charge in [-0.3, -0.25) is 10.1 Å². The van der Waals surface area contributed by atoms with E-state index in [0.717, 1.165) is 22.6 Å². The standard InChI is InChI=1S/C19H24N2O4/c1-20-19(23)18(12-22)21-11-14-6-8-16(9-7-14)25-13-15-4-3-5-17(10-15)24-2/h3-10,18,21-22H,11-13H2,1-2H3,(H,20,23).